The van der Waals surface area contributed by atoms with Gasteiger partial charge in [0.15, 0.2) is 5.69 Å². The van der Waals surface area contributed by atoms with Crippen LogP contribution in [0.1, 0.15) is 28.7 Å². The minimum Gasteiger partial charge on any atom is -0.461 e. The number of nitrogens with one attached hydrogen (secondary N) is 1. The third-order valence-corrected chi connectivity index (χ3v) is 3.45. The summed E-state index contributed by atoms with van der Waals surface area (Å²) < 4.78 is 20.1. The number of rotatable bonds is 3. The molecule has 0 saturated heterocycles. The Morgan fingerprint density at radius 3 is 3.14 bits per heavy atom. The molecule has 0 spiro atoms. The lowest BCUT2D eigenvalue weighted by Gasteiger charge is -2.15. The molecular formula is C15H16FN3O2. The molecule has 0 amide bonds. The van der Waals surface area contributed by atoms with Gasteiger partial charge in [0, 0.05) is 25.1 Å². The van der Waals surface area contributed by atoms with E-state index in [9.17, 15) is 9.18 Å². The molecule has 0 saturated carbocycles. The van der Waals surface area contributed by atoms with Crippen LogP contribution in [0.4, 0.5) is 4.39 Å². The predicted octanol–water partition coefficient (Wildman–Crippen LogP) is 1.83. The molecular weight excluding hydrogens is 273 g/mol. The number of ether oxygens (including phenoxy) is 1. The first-order chi connectivity index (χ1) is 10.2. The highest BCUT2D eigenvalue weighted by Gasteiger charge is 2.26. The van der Waals surface area contributed by atoms with E-state index in [1.807, 2.05) is 0 Å². The normalized spacial score (nSPS) is 13.8. The fourth-order valence-corrected chi connectivity index (χ4v) is 2.53. The first kappa shape index (κ1) is 13.8. The van der Waals surface area contributed by atoms with Gasteiger partial charge in [-0.15, -0.1) is 0 Å². The monoisotopic (exact) mass is 289 g/mol. The van der Waals surface area contributed by atoms with E-state index in [4.69, 9.17) is 4.74 Å². The van der Waals surface area contributed by atoms with Gasteiger partial charge in [-0.2, -0.15) is 5.10 Å². The Kier molecular flexibility index (Phi) is 3.70. The van der Waals surface area contributed by atoms with Gasteiger partial charge in [0.25, 0.3) is 0 Å². The Labute approximate surface area is 121 Å². The molecule has 21 heavy (non-hydrogen) atoms. The average Bonchev–Trinajstić information content (AvgIpc) is 2.87. The van der Waals surface area contributed by atoms with Gasteiger partial charge in [-0.05, 0) is 25.1 Å². The zero-order chi connectivity index (χ0) is 14.8. The molecule has 1 aromatic heterocycles. The summed E-state index contributed by atoms with van der Waals surface area (Å²) in [7, 11) is 0. The topological polar surface area (TPSA) is 56.1 Å². The lowest BCUT2D eigenvalue weighted by atomic mass is 10.1. The molecule has 0 radical (unpaired) electrons. The molecule has 1 aromatic carbocycles. The summed E-state index contributed by atoms with van der Waals surface area (Å²) >= 11 is 0. The van der Waals surface area contributed by atoms with Crippen molar-refractivity contribution < 1.29 is 13.9 Å². The number of carbonyl (C=O) groups is 1. The Bertz CT molecular complexity index is 682. The van der Waals surface area contributed by atoms with Crippen LogP contribution < -0.4 is 5.32 Å². The Morgan fingerprint density at radius 1 is 1.52 bits per heavy atom. The first-order valence-corrected chi connectivity index (χ1v) is 6.95. The fourth-order valence-electron chi connectivity index (χ4n) is 2.53. The molecule has 1 aliphatic rings. The van der Waals surface area contributed by atoms with Crippen molar-refractivity contribution in [3.8, 4) is 5.69 Å². The average molecular weight is 289 g/mol. The van der Waals surface area contributed by atoms with Crippen molar-refractivity contribution in [2.24, 2.45) is 0 Å². The van der Waals surface area contributed by atoms with Gasteiger partial charge in [0.1, 0.15) is 5.82 Å². The molecule has 5 nitrogen and oxygen atoms in total. The summed E-state index contributed by atoms with van der Waals surface area (Å²) in [4.78, 5) is 12.0. The summed E-state index contributed by atoms with van der Waals surface area (Å²) in [6.45, 7) is 3.43. The number of esters is 1. The van der Waals surface area contributed by atoms with E-state index >= 15 is 0 Å². The molecule has 6 heteroatoms. The van der Waals surface area contributed by atoms with E-state index in [2.05, 4.69) is 10.4 Å². The number of hydrogen-bond donors (Lipinski definition) is 1. The highest BCUT2D eigenvalue weighted by molar-refractivity contribution is 5.89. The lowest BCUT2D eigenvalue weighted by molar-refractivity contribution is 0.0517. The standard InChI is InChI=1S/C15H16FN3O2/c1-2-21-15(20)14-12-9-17-7-6-13(12)19(18-14)11-5-3-4-10(16)8-11/h3-5,8,17H,2,6-7,9H2,1H3. The maximum atomic E-state index is 13.4. The summed E-state index contributed by atoms with van der Waals surface area (Å²) in [5.74, 6) is -0.768. The number of hydrogen-bond acceptors (Lipinski definition) is 4. The molecule has 3 rings (SSSR count). The van der Waals surface area contributed by atoms with Crippen LogP contribution >= 0.6 is 0 Å². The summed E-state index contributed by atoms with van der Waals surface area (Å²) in [5, 5.41) is 7.58. The summed E-state index contributed by atoms with van der Waals surface area (Å²) in [6, 6.07) is 6.19. The van der Waals surface area contributed by atoms with Crippen LogP contribution in [0.2, 0.25) is 0 Å². The zero-order valence-electron chi connectivity index (χ0n) is 11.7. The van der Waals surface area contributed by atoms with Crippen molar-refractivity contribution in [2.45, 2.75) is 19.9 Å². The van der Waals surface area contributed by atoms with Gasteiger partial charge in [-0.3, -0.25) is 0 Å². The van der Waals surface area contributed by atoms with E-state index < -0.39 is 5.97 Å². The van der Waals surface area contributed by atoms with E-state index in [0.717, 1.165) is 24.2 Å². The van der Waals surface area contributed by atoms with Crippen molar-refractivity contribution in [3.63, 3.8) is 0 Å². The van der Waals surface area contributed by atoms with Crippen LogP contribution in [0, 0.1) is 5.82 Å². The van der Waals surface area contributed by atoms with Crippen LogP contribution in [0.25, 0.3) is 5.69 Å². The molecule has 2 aromatic rings. The fraction of sp³-hybridized carbons (Fsp3) is 0.333. The molecule has 0 fully saturated rings. The predicted molar refractivity (Wildman–Crippen MR) is 74.9 cm³/mol. The maximum absolute atomic E-state index is 13.4. The van der Waals surface area contributed by atoms with Gasteiger partial charge in [0.2, 0.25) is 0 Å². The van der Waals surface area contributed by atoms with Gasteiger partial charge in [0.05, 0.1) is 18.0 Å². The SMILES string of the molecule is CCOC(=O)c1nn(-c2cccc(F)c2)c2c1CNCC2. The first-order valence-electron chi connectivity index (χ1n) is 6.95. The van der Waals surface area contributed by atoms with Crippen LogP contribution in [-0.4, -0.2) is 28.9 Å². The second-order valence-electron chi connectivity index (χ2n) is 4.81. The van der Waals surface area contributed by atoms with Crippen LogP contribution in [0.15, 0.2) is 24.3 Å². The maximum Gasteiger partial charge on any atom is 0.359 e. The minimum atomic E-state index is -0.437. The number of benzene rings is 1. The van der Waals surface area contributed by atoms with Crippen LogP contribution in [-0.2, 0) is 17.7 Å². The second-order valence-corrected chi connectivity index (χ2v) is 4.81. The molecule has 0 bridgehead atoms. The van der Waals surface area contributed by atoms with Gasteiger partial charge in [-0.1, -0.05) is 6.07 Å². The molecule has 0 unspecified atom stereocenters. The van der Waals surface area contributed by atoms with Crippen LogP contribution in [0.5, 0.6) is 0 Å². The smallest absolute Gasteiger partial charge is 0.359 e. The summed E-state index contributed by atoms with van der Waals surface area (Å²) in [6.07, 6.45) is 0.734. The van der Waals surface area contributed by atoms with Gasteiger partial charge < -0.3 is 10.1 Å². The second kappa shape index (κ2) is 5.65. The van der Waals surface area contributed by atoms with Crippen molar-refractivity contribution in [1.29, 1.82) is 0 Å². The number of nitrogens with zero attached hydrogens (tertiary/aromatic N) is 2. The minimum absolute atomic E-state index is 0.299. The zero-order valence-corrected chi connectivity index (χ0v) is 11.7. The Balaban J connectivity index is 2.11. The molecule has 1 N–H and O–H groups in total. The highest BCUT2D eigenvalue weighted by Crippen LogP contribution is 2.23. The third kappa shape index (κ3) is 2.54. The lowest BCUT2D eigenvalue weighted by Crippen LogP contribution is -2.25. The number of fused-ring (bicyclic) bond motifs is 1. The number of carbonyl (C=O) groups excluding carboxylic acids is 1. The van der Waals surface area contributed by atoms with Gasteiger partial charge in [-0.25, -0.2) is 13.9 Å². The van der Waals surface area contributed by atoms with Gasteiger partial charge >= 0.3 is 5.97 Å². The van der Waals surface area contributed by atoms with Crippen LogP contribution in [0.3, 0.4) is 0 Å². The number of aromatic nitrogens is 2. The quantitative estimate of drug-likeness (QED) is 0.876. The van der Waals surface area contributed by atoms with E-state index in [0.29, 0.717) is 24.5 Å². The summed E-state index contributed by atoms with van der Waals surface area (Å²) in [5.41, 5.74) is 2.69. The Hall–Kier alpha value is -2.21. The molecule has 2 heterocycles. The van der Waals surface area contributed by atoms with E-state index in [-0.39, 0.29) is 5.82 Å². The van der Waals surface area contributed by atoms with Crippen molar-refractivity contribution >= 4 is 5.97 Å². The largest absolute Gasteiger partial charge is 0.461 e. The molecule has 1 aliphatic heterocycles. The van der Waals surface area contributed by atoms with Crippen molar-refractivity contribution in [2.75, 3.05) is 13.2 Å². The molecule has 110 valence electrons. The van der Waals surface area contributed by atoms with Crippen molar-refractivity contribution in [3.05, 3.63) is 47.0 Å². The van der Waals surface area contributed by atoms with E-state index in [1.54, 1.807) is 23.7 Å². The third-order valence-electron chi connectivity index (χ3n) is 3.45. The molecule has 0 atom stereocenters. The van der Waals surface area contributed by atoms with Crippen molar-refractivity contribution in [1.82, 2.24) is 15.1 Å². The highest BCUT2D eigenvalue weighted by atomic mass is 19.1. The molecule has 0 aliphatic carbocycles. The van der Waals surface area contributed by atoms with E-state index in [1.165, 1.54) is 12.1 Å². The Morgan fingerprint density at radius 2 is 2.38 bits per heavy atom. The number of halogens is 1.